The molecule has 3 nitrogen and oxygen atoms in total. The summed E-state index contributed by atoms with van der Waals surface area (Å²) in [5.74, 6) is 1.64. The van der Waals surface area contributed by atoms with Gasteiger partial charge in [0.25, 0.3) is 0 Å². The average molecular weight is 346 g/mol. The second-order valence-corrected chi connectivity index (χ2v) is 5.90. The number of aryl methyl sites for hydroxylation is 2. The minimum absolute atomic E-state index is 0.260. The van der Waals surface area contributed by atoms with Crippen LogP contribution in [0.2, 0.25) is 0 Å². The third-order valence-electron chi connectivity index (χ3n) is 4.09. The number of Topliss-reactive ketones (excluding diaryl/α,β-unsaturated/α-hetero) is 1. The summed E-state index contributed by atoms with van der Waals surface area (Å²) in [5.41, 5.74) is 2.05. The van der Waals surface area contributed by atoms with Crippen molar-refractivity contribution in [2.45, 2.75) is 38.5 Å². The molecule has 0 bridgehead atoms. The second kappa shape index (κ2) is 10.6. The standard InChI is InChI=1S/C23H22O3/c1-3-25-22-17-7-5-11-19(22)13-9-15-21(24)16-10-14-20-12-6-8-18-23(20)26-4-2/h1-2,5-8,11-12,17-18H,9-10,13-16H2. The molecule has 0 atom stereocenters. The number of benzene rings is 2. The molecular formula is C23H22O3. The largest absolute Gasteiger partial charge is 0.408 e. The van der Waals surface area contributed by atoms with Crippen LogP contribution >= 0.6 is 0 Å². The smallest absolute Gasteiger partial charge is 0.143 e. The highest BCUT2D eigenvalue weighted by Crippen LogP contribution is 2.21. The van der Waals surface area contributed by atoms with Gasteiger partial charge in [-0.3, -0.25) is 4.79 Å². The van der Waals surface area contributed by atoms with Crippen molar-refractivity contribution in [1.29, 1.82) is 0 Å². The maximum atomic E-state index is 12.1. The fourth-order valence-electron chi connectivity index (χ4n) is 2.82. The Kier molecular flexibility index (Phi) is 7.84. The van der Waals surface area contributed by atoms with Crippen molar-refractivity contribution in [3.63, 3.8) is 0 Å². The van der Waals surface area contributed by atoms with E-state index < -0.39 is 0 Å². The quantitative estimate of drug-likeness (QED) is 0.593. The molecule has 0 aliphatic carbocycles. The third kappa shape index (κ3) is 6.04. The van der Waals surface area contributed by atoms with Crippen LogP contribution in [0.3, 0.4) is 0 Å². The molecule has 0 saturated heterocycles. The maximum absolute atomic E-state index is 12.1. The summed E-state index contributed by atoms with van der Waals surface area (Å²) in [6, 6.07) is 15.3. The number of hydrogen-bond acceptors (Lipinski definition) is 3. The van der Waals surface area contributed by atoms with Crippen molar-refractivity contribution in [1.82, 2.24) is 0 Å². The van der Waals surface area contributed by atoms with E-state index in [0.29, 0.717) is 24.3 Å². The highest BCUT2D eigenvalue weighted by Gasteiger charge is 2.07. The van der Waals surface area contributed by atoms with Gasteiger partial charge in [0.2, 0.25) is 0 Å². The first-order valence-corrected chi connectivity index (χ1v) is 8.67. The van der Waals surface area contributed by atoms with Gasteiger partial charge < -0.3 is 9.47 Å². The minimum Gasteiger partial charge on any atom is -0.408 e. The molecule has 0 aliphatic rings. The molecule has 3 heteroatoms. The molecule has 2 aromatic rings. The normalized spacial score (nSPS) is 9.77. The van der Waals surface area contributed by atoms with E-state index in [9.17, 15) is 4.79 Å². The molecule has 26 heavy (non-hydrogen) atoms. The Bertz CT molecular complexity index is 741. The van der Waals surface area contributed by atoms with Crippen molar-refractivity contribution < 1.29 is 14.3 Å². The molecule has 132 valence electrons. The van der Waals surface area contributed by atoms with E-state index in [1.165, 1.54) is 0 Å². The van der Waals surface area contributed by atoms with Gasteiger partial charge in [0.15, 0.2) is 0 Å². The second-order valence-electron chi connectivity index (χ2n) is 5.90. The molecule has 0 N–H and O–H groups in total. The van der Waals surface area contributed by atoms with Gasteiger partial charge in [-0.2, -0.15) is 0 Å². The highest BCUT2D eigenvalue weighted by atomic mass is 16.5. The zero-order chi connectivity index (χ0) is 18.6. The molecule has 2 aromatic carbocycles. The monoisotopic (exact) mass is 346 g/mol. The first kappa shape index (κ1) is 19.2. The Balaban J connectivity index is 1.73. The maximum Gasteiger partial charge on any atom is 0.143 e. The van der Waals surface area contributed by atoms with E-state index in [-0.39, 0.29) is 5.78 Å². The Morgan fingerprint density at radius 1 is 0.769 bits per heavy atom. The number of para-hydroxylation sites is 2. The number of rotatable bonds is 10. The number of carbonyl (C=O) groups is 1. The molecule has 0 aliphatic heterocycles. The average Bonchev–Trinajstić information content (AvgIpc) is 2.65. The molecule has 0 fully saturated rings. The Hall–Kier alpha value is -3.17. The Morgan fingerprint density at radius 2 is 1.19 bits per heavy atom. The molecule has 0 heterocycles. The number of ether oxygens (including phenoxy) is 2. The number of carbonyl (C=O) groups excluding carboxylic acids is 1. The van der Waals surface area contributed by atoms with Crippen molar-refractivity contribution in [2.75, 3.05) is 0 Å². The van der Waals surface area contributed by atoms with Crippen molar-refractivity contribution in [3.8, 4) is 36.6 Å². The fraction of sp³-hybridized carbons (Fsp3) is 0.261. The molecule has 0 saturated carbocycles. The van der Waals surface area contributed by atoms with Gasteiger partial charge in [0, 0.05) is 12.8 Å². The van der Waals surface area contributed by atoms with Gasteiger partial charge >= 0.3 is 0 Å². The molecule has 0 aromatic heterocycles. The molecule has 0 radical (unpaired) electrons. The fourth-order valence-corrected chi connectivity index (χ4v) is 2.82. The lowest BCUT2D eigenvalue weighted by Gasteiger charge is -2.07. The van der Waals surface area contributed by atoms with Crippen LogP contribution in [0.25, 0.3) is 0 Å². The van der Waals surface area contributed by atoms with Gasteiger partial charge in [0.1, 0.15) is 29.5 Å². The van der Waals surface area contributed by atoms with Crippen LogP contribution in [-0.4, -0.2) is 5.78 Å². The predicted molar refractivity (Wildman–Crippen MR) is 103 cm³/mol. The summed E-state index contributed by atoms with van der Waals surface area (Å²) in [6.45, 7) is 0. The lowest BCUT2D eigenvalue weighted by Crippen LogP contribution is -2.01. The SMILES string of the molecule is C#COc1ccccc1CCCC(=O)CCCc1ccccc1OC#C. The molecule has 0 spiro atoms. The van der Waals surface area contributed by atoms with Gasteiger partial charge in [-0.05, 0) is 48.9 Å². The molecule has 2 rings (SSSR count). The lowest BCUT2D eigenvalue weighted by molar-refractivity contribution is -0.119. The zero-order valence-corrected chi connectivity index (χ0v) is 14.7. The van der Waals surface area contributed by atoms with Crippen LogP contribution in [0, 0.1) is 25.1 Å². The summed E-state index contributed by atoms with van der Waals surface area (Å²) < 4.78 is 10.3. The summed E-state index contributed by atoms with van der Waals surface area (Å²) in [5, 5.41) is 0. The molecule has 0 unspecified atom stereocenters. The Morgan fingerprint density at radius 3 is 1.62 bits per heavy atom. The minimum atomic E-state index is 0.260. The van der Waals surface area contributed by atoms with Crippen LogP contribution in [0.4, 0.5) is 0 Å². The first-order chi connectivity index (χ1) is 12.7. The van der Waals surface area contributed by atoms with Gasteiger partial charge in [-0.25, -0.2) is 0 Å². The van der Waals surface area contributed by atoms with Crippen LogP contribution in [0.5, 0.6) is 11.5 Å². The predicted octanol–water partition coefficient (Wildman–Crippen LogP) is 4.54. The van der Waals surface area contributed by atoms with Gasteiger partial charge in [-0.1, -0.05) is 49.2 Å². The number of ketones is 1. The zero-order valence-electron chi connectivity index (χ0n) is 14.7. The molecular weight excluding hydrogens is 324 g/mol. The number of terminal acetylenes is 2. The van der Waals surface area contributed by atoms with E-state index in [1.54, 1.807) is 0 Å². The van der Waals surface area contributed by atoms with Crippen molar-refractivity contribution >= 4 is 5.78 Å². The third-order valence-corrected chi connectivity index (χ3v) is 4.09. The van der Waals surface area contributed by atoms with Gasteiger partial charge in [0.05, 0.1) is 0 Å². The van der Waals surface area contributed by atoms with Crippen LogP contribution in [-0.2, 0) is 17.6 Å². The summed E-state index contributed by atoms with van der Waals surface area (Å²) >= 11 is 0. The van der Waals surface area contributed by atoms with E-state index in [0.717, 1.165) is 36.8 Å². The van der Waals surface area contributed by atoms with Crippen molar-refractivity contribution in [2.24, 2.45) is 0 Å². The molecule has 0 amide bonds. The summed E-state index contributed by atoms with van der Waals surface area (Å²) in [7, 11) is 0. The topological polar surface area (TPSA) is 35.5 Å². The lowest BCUT2D eigenvalue weighted by atomic mass is 10.0. The van der Waals surface area contributed by atoms with E-state index in [4.69, 9.17) is 22.3 Å². The van der Waals surface area contributed by atoms with Crippen LogP contribution in [0.15, 0.2) is 48.5 Å². The van der Waals surface area contributed by atoms with Gasteiger partial charge in [-0.15, -0.1) is 0 Å². The van der Waals surface area contributed by atoms with Crippen LogP contribution < -0.4 is 9.47 Å². The summed E-state index contributed by atoms with van der Waals surface area (Å²) in [4.78, 5) is 12.1. The van der Waals surface area contributed by atoms with Crippen LogP contribution in [0.1, 0.15) is 36.8 Å². The van der Waals surface area contributed by atoms with E-state index in [1.807, 2.05) is 48.5 Å². The first-order valence-electron chi connectivity index (χ1n) is 8.67. The van der Waals surface area contributed by atoms with Crippen molar-refractivity contribution in [3.05, 3.63) is 59.7 Å². The summed E-state index contributed by atoms with van der Waals surface area (Å²) in [6.07, 6.45) is 19.0. The van der Waals surface area contributed by atoms with E-state index >= 15 is 0 Å². The number of hydrogen-bond donors (Lipinski definition) is 0. The Labute approximate surface area is 155 Å². The highest BCUT2D eigenvalue weighted by molar-refractivity contribution is 5.78. The van der Waals surface area contributed by atoms with E-state index in [2.05, 4.69) is 12.2 Å².